The third-order valence-electron chi connectivity index (χ3n) is 6.96. The van der Waals surface area contributed by atoms with E-state index >= 15 is 0 Å². The number of aromatic nitrogens is 1. The number of carbonyl (C=O) groups excluding carboxylic acids is 1. The summed E-state index contributed by atoms with van der Waals surface area (Å²) in [6, 6.07) is 20.1. The number of hydrogen-bond acceptors (Lipinski definition) is 5. The van der Waals surface area contributed by atoms with Gasteiger partial charge in [0, 0.05) is 45.3 Å². The summed E-state index contributed by atoms with van der Waals surface area (Å²) in [5.74, 6) is 0.896. The Kier molecular flexibility index (Phi) is 6.58. The summed E-state index contributed by atoms with van der Waals surface area (Å²) in [6.45, 7) is 4.88. The predicted octanol–water partition coefficient (Wildman–Crippen LogP) is 3.42. The molecule has 0 aliphatic carbocycles. The van der Waals surface area contributed by atoms with Crippen LogP contribution in [-0.4, -0.2) is 61.2 Å². The van der Waals surface area contributed by atoms with E-state index in [1.807, 2.05) is 66.4 Å². The number of nitrogens with zero attached hydrogens (tertiary/aromatic N) is 4. The van der Waals surface area contributed by atoms with Crippen LogP contribution >= 0.6 is 0 Å². The van der Waals surface area contributed by atoms with E-state index in [0.29, 0.717) is 39.1 Å². The van der Waals surface area contributed by atoms with Crippen LogP contribution in [0.15, 0.2) is 77.8 Å². The molecular formula is C27H30N4O3S. The molecule has 2 aliphatic heterocycles. The number of carbonyl (C=O) groups is 1. The van der Waals surface area contributed by atoms with E-state index in [4.69, 9.17) is 0 Å². The van der Waals surface area contributed by atoms with Gasteiger partial charge in [-0.3, -0.25) is 4.79 Å². The number of benzene rings is 2. The van der Waals surface area contributed by atoms with Gasteiger partial charge in [0.2, 0.25) is 15.9 Å². The highest BCUT2D eigenvalue weighted by Gasteiger charge is 2.38. The Hall–Kier alpha value is -3.23. The lowest BCUT2D eigenvalue weighted by molar-refractivity contribution is -0.132. The maximum Gasteiger partial charge on any atom is 0.243 e. The van der Waals surface area contributed by atoms with Crippen molar-refractivity contribution in [3.05, 3.63) is 89.6 Å². The largest absolute Gasteiger partial charge is 0.353 e. The highest BCUT2D eigenvalue weighted by Crippen LogP contribution is 2.37. The van der Waals surface area contributed by atoms with Crippen LogP contribution in [0.4, 0.5) is 5.82 Å². The van der Waals surface area contributed by atoms with Crippen LogP contribution < -0.4 is 4.90 Å². The lowest BCUT2D eigenvalue weighted by Gasteiger charge is -2.39. The summed E-state index contributed by atoms with van der Waals surface area (Å²) in [5, 5.41) is 0. The first kappa shape index (κ1) is 23.5. The monoisotopic (exact) mass is 490 g/mol. The van der Waals surface area contributed by atoms with Crippen LogP contribution in [-0.2, 0) is 21.2 Å². The van der Waals surface area contributed by atoms with E-state index in [1.54, 1.807) is 18.3 Å². The summed E-state index contributed by atoms with van der Waals surface area (Å²) in [6.07, 6.45) is 2.54. The number of aryl methyl sites for hydroxylation is 1. The van der Waals surface area contributed by atoms with Crippen molar-refractivity contribution in [2.45, 2.75) is 30.7 Å². The van der Waals surface area contributed by atoms with E-state index in [-0.39, 0.29) is 17.2 Å². The molecule has 1 saturated heterocycles. The van der Waals surface area contributed by atoms with Crippen molar-refractivity contribution in [1.82, 2.24) is 14.2 Å². The van der Waals surface area contributed by atoms with Gasteiger partial charge in [-0.25, -0.2) is 13.4 Å². The summed E-state index contributed by atoms with van der Waals surface area (Å²) < 4.78 is 28.9. The average molecular weight is 491 g/mol. The van der Waals surface area contributed by atoms with Crippen LogP contribution in [0.3, 0.4) is 0 Å². The fourth-order valence-electron chi connectivity index (χ4n) is 4.99. The molecule has 0 saturated carbocycles. The van der Waals surface area contributed by atoms with Crippen LogP contribution in [0, 0.1) is 6.92 Å². The summed E-state index contributed by atoms with van der Waals surface area (Å²) in [4.78, 5) is 22.2. The molecule has 0 radical (unpaired) electrons. The number of hydrogen-bond donors (Lipinski definition) is 0. The quantitative estimate of drug-likeness (QED) is 0.548. The summed E-state index contributed by atoms with van der Waals surface area (Å²) >= 11 is 0. The maximum atomic E-state index is 13.7. The third kappa shape index (κ3) is 4.81. The zero-order valence-corrected chi connectivity index (χ0v) is 20.7. The van der Waals surface area contributed by atoms with Crippen molar-refractivity contribution in [3.8, 4) is 0 Å². The molecule has 1 amide bonds. The number of fused-ring (bicyclic) bond motifs is 1. The summed E-state index contributed by atoms with van der Waals surface area (Å²) in [7, 11) is -3.75. The van der Waals surface area contributed by atoms with Gasteiger partial charge in [-0.05, 0) is 48.7 Å². The molecule has 1 fully saturated rings. The lowest BCUT2D eigenvalue weighted by Crippen LogP contribution is -2.50. The molecule has 0 bridgehead atoms. The Morgan fingerprint density at radius 1 is 0.914 bits per heavy atom. The molecule has 2 aliphatic rings. The smallest absolute Gasteiger partial charge is 0.243 e. The van der Waals surface area contributed by atoms with Crippen LogP contribution in [0.5, 0.6) is 0 Å². The van der Waals surface area contributed by atoms with E-state index < -0.39 is 16.1 Å². The fraction of sp³-hybridized carbons (Fsp3) is 0.333. The van der Waals surface area contributed by atoms with Gasteiger partial charge < -0.3 is 9.80 Å². The molecule has 5 rings (SSSR count). The Morgan fingerprint density at radius 2 is 1.63 bits per heavy atom. The van der Waals surface area contributed by atoms with E-state index in [0.717, 1.165) is 22.5 Å². The normalized spacial score (nSPS) is 18.8. The topological polar surface area (TPSA) is 73.8 Å². The Morgan fingerprint density at radius 3 is 2.34 bits per heavy atom. The van der Waals surface area contributed by atoms with Gasteiger partial charge in [-0.2, -0.15) is 4.31 Å². The first-order chi connectivity index (χ1) is 16.9. The molecule has 1 unspecified atom stereocenters. The fourth-order valence-corrected chi connectivity index (χ4v) is 6.60. The standard InChI is InChI=1S/C27H30N4O3S/c1-21-9-11-23(12-10-21)35(33,34)31-15-13-22-6-2-3-7-24(22)25(31)20-27(32)30-18-16-29(17-19-30)26-8-4-5-14-28-26/h2-12,14,25H,13,15-20H2,1H3. The molecule has 35 heavy (non-hydrogen) atoms. The highest BCUT2D eigenvalue weighted by molar-refractivity contribution is 7.89. The molecule has 0 spiro atoms. The SMILES string of the molecule is Cc1ccc(S(=O)(=O)N2CCc3ccccc3C2CC(=O)N2CCN(c3ccccn3)CC2)cc1. The van der Waals surface area contributed by atoms with Crippen molar-refractivity contribution in [3.63, 3.8) is 0 Å². The van der Waals surface area contributed by atoms with Gasteiger partial charge in [-0.1, -0.05) is 48.0 Å². The van der Waals surface area contributed by atoms with Crippen molar-refractivity contribution in [1.29, 1.82) is 0 Å². The highest BCUT2D eigenvalue weighted by atomic mass is 32.2. The Balaban J connectivity index is 1.36. The van der Waals surface area contributed by atoms with Crippen LogP contribution in [0.2, 0.25) is 0 Å². The van der Waals surface area contributed by atoms with Gasteiger partial charge in [0.25, 0.3) is 0 Å². The van der Waals surface area contributed by atoms with Crippen LogP contribution in [0.25, 0.3) is 0 Å². The summed E-state index contributed by atoms with van der Waals surface area (Å²) in [5.41, 5.74) is 3.04. The number of pyridine rings is 1. The molecule has 7 nitrogen and oxygen atoms in total. The van der Waals surface area contributed by atoms with Crippen LogP contribution in [0.1, 0.15) is 29.2 Å². The van der Waals surface area contributed by atoms with E-state index in [2.05, 4.69) is 9.88 Å². The molecule has 3 heterocycles. The second kappa shape index (κ2) is 9.79. The zero-order valence-electron chi connectivity index (χ0n) is 19.9. The Labute approximate surface area is 207 Å². The zero-order chi connectivity index (χ0) is 24.4. The predicted molar refractivity (Wildman–Crippen MR) is 136 cm³/mol. The maximum absolute atomic E-state index is 13.7. The van der Waals surface area contributed by atoms with Crippen molar-refractivity contribution in [2.75, 3.05) is 37.6 Å². The third-order valence-corrected chi connectivity index (χ3v) is 8.89. The molecule has 1 aromatic heterocycles. The first-order valence-corrected chi connectivity index (χ1v) is 13.5. The number of piperazine rings is 1. The number of sulfonamides is 1. The van der Waals surface area contributed by atoms with Gasteiger partial charge >= 0.3 is 0 Å². The van der Waals surface area contributed by atoms with Gasteiger partial charge in [-0.15, -0.1) is 0 Å². The molecule has 2 aromatic carbocycles. The average Bonchev–Trinajstić information content (AvgIpc) is 2.89. The van der Waals surface area contributed by atoms with Gasteiger partial charge in [0.1, 0.15) is 5.82 Å². The first-order valence-electron chi connectivity index (χ1n) is 12.0. The number of anilines is 1. The van der Waals surface area contributed by atoms with Gasteiger partial charge in [0.15, 0.2) is 0 Å². The lowest BCUT2D eigenvalue weighted by atomic mass is 9.92. The van der Waals surface area contributed by atoms with E-state index in [9.17, 15) is 13.2 Å². The van der Waals surface area contributed by atoms with Crippen molar-refractivity contribution in [2.24, 2.45) is 0 Å². The van der Waals surface area contributed by atoms with Gasteiger partial charge in [0.05, 0.1) is 10.9 Å². The molecule has 0 N–H and O–H groups in total. The molecule has 1 atom stereocenters. The molecule has 8 heteroatoms. The molecule has 182 valence electrons. The molecular weight excluding hydrogens is 460 g/mol. The second-order valence-electron chi connectivity index (χ2n) is 9.15. The van der Waals surface area contributed by atoms with E-state index in [1.165, 1.54) is 4.31 Å². The van der Waals surface area contributed by atoms with Crippen molar-refractivity contribution < 1.29 is 13.2 Å². The minimum absolute atomic E-state index is 0.0171. The molecule has 3 aromatic rings. The minimum Gasteiger partial charge on any atom is -0.353 e. The second-order valence-corrected chi connectivity index (χ2v) is 11.0. The Bertz CT molecular complexity index is 1290. The van der Waals surface area contributed by atoms with Crippen molar-refractivity contribution >= 4 is 21.7 Å². The number of amides is 1. The minimum atomic E-state index is -3.75. The number of rotatable bonds is 5.